The first-order chi connectivity index (χ1) is 9.61. The van der Waals surface area contributed by atoms with Gasteiger partial charge < -0.3 is 9.64 Å². The number of benzene rings is 1. The third-order valence-corrected chi connectivity index (χ3v) is 4.07. The Morgan fingerprint density at radius 2 is 1.80 bits per heavy atom. The van der Waals surface area contributed by atoms with Gasteiger partial charge in [-0.3, -0.25) is 4.79 Å². The Labute approximate surface area is 121 Å². The monoisotopic (exact) mass is 275 g/mol. The molecule has 2 rings (SSSR count). The Bertz CT molecular complexity index is 431. The maximum absolute atomic E-state index is 12.5. The van der Waals surface area contributed by atoms with Crippen molar-refractivity contribution in [3.8, 4) is 5.75 Å². The summed E-state index contributed by atoms with van der Waals surface area (Å²) >= 11 is 0. The molecule has 0 aromatic heterocycles. The van der Waals surface area contributed by atoms with Crippen LogP contribution in [0.2, 0.25) is 0 Å². The number of amides is 1. The van der Waals surface area contributed by atoms with Crippen LogP contribution >= 0.6 is 0 Å². The van der Waals surface area contributed by atoms with Gasteiger partial charge in [0.05, 0.1) is 13.0 Å². The van der Waals surface area contributed by atoms with Gasteiger partial charge in [0.25, 0.3) is 0 Å². The first kappa shape index (κ1) is 14.9. The van der Waals surface area contributed by atoms with E-state index in [1.165, 1.54) is 6.42 Å². The molecule has 1 amide bonds. The normalized spacial score (nSPS) is 22.6. The highest BCUT2D eigenvalue weighted by Crippen LogP contribution is 2.23. The molecule has 0 radical (unpaired) electrons. The van der Waals surface area contributed by atoms with E-state index in [1.54, 1.807) is 0 Å². The van der Waals surface area contributed by atoms with Crippen LogP contribution < -0.4 is 4.74 Å². The Morgan fingerprint density at radius 3 is 2.35 bits per heavy atom. The molecule has 1 aliphatic heterocycles. The molecule has 1 heterocycles. The molecule has 0 aliphatic carbocycles. The van der Waals surface area contributed by atoms with Crippen LogP contribution in [0.15, 0.2) is 24.3 Å². The predicted molar refractivity (Wildman–Crippen MR) is 80.9 cm³/mol. The van der Waals surface area contributed by atoms with Crippen LogP contribution in [0.1, 0.15) is 45.6 Å². The summed E-state index contributed by atoms with van der Waals surface area (Å²) in [5.74, 6) is 1.11. The lowest BCUT2D eigenvalue weighted by atomic mass is 9.96. The molecule has 110 valence electrons. The minimum absolute atomic E-state index is 0.244. The largest absolute Gasteiger partial charge is 0.494 e. The Hall–Kier alpha value is -1.51. The van der Waals surface area contributed by atoms with E-state index in [0.717, 1.165) is 24.2 Å². The highest BCUT2D eigenvalue weighted by Gasteiger charge is 2.28. The second-order valence-electron chi connectivity index (χ2n) is 5.68. The smallest absolute Gasteiger partial charge is 0.227 e. The van der Waals surface area contributed by atoms with Crippen LogP contribution in [0.5, 0.6) is 5.75 Å². The molecular formula is C17H25NO2. The number of nitrogens with zero attached hydrogens (tertiary/aromatic N) is 1. The van der Waals surface area contributed by atoms with Gasteiger partial charge in [0.15, 0.2) is 0 Å². The van der Waals surface area contributed by atoms with Gasteiger partial charge in [0.2, 0.25) is 5.91 Å². The van der Waals surface area contributed by atoms with E-state index in [9.17, 15) is 4.79 Å². The van der Waals surface area contributed by atoms with Gasteiger partial charge in [0, 0.05) is 12.1 Å². The van der Waals surface area contributed by atoms with Crippen LogP contribution in [-0.4, -0.2) is 29.5 Å². The molecule has 1 fully saturated rings. The van der Waals surface area contributed by atoms with Gasteiger partial charge in [-0.15, -0.1) is 0 Å². The molecule has 1 aromatic carbocycles. The second kappa shape index (κ2) is 6.78. The first-order valence-corrected chi connectivity index (χ1v) is 7.64. The van der Waals surface area contributed by atoms with Crippen molar-refractivity contribution in [2.75, 3.05) is 6.61 Å². The summed E-state index contributed by atoms with van der Waals surface area (Å²) in [5, 5.41) is 0. The third-order valence-electron chi connectivity index (χ3n) is 4.07. The number of carbonyl (C=O) groups excluding carboxylic acids is 1. The number of piperidine rings is 1. The summed E-state index contributed by atoms with van der Waals surface area (Å²) in [7, 11) is 0. The van der Waals surface area contributed by atoms with Crippen molar-refractivity contribution in [3.05, 3.63) is 29.8 Å². The van der Waals surface area contributed by atoms with Crippen LogP contribution in [0.3, 0.4) is 0 Å². The zero-order valence-corrected chi connectivity index (χ0v) is 12.8. The summed E-state index contributed by atoms with van der Waals surface area (Å²) in [6, 6.07) is 8.59. The van der Waals surface area contributed by atoms with E-state index in [2.05, 4.69) is 18.7 Å². The van der Waals surface area contributed by atoms with Crippen molar-refractivity contribution >= 4 is 5.91 Å². The van der Waals surface area contributed by atoms with E-state index >= 15 is 0 Å². The zero-order valence-electron chi connectivity index (χ0n) is 12.8. The molecular weight excluding hydrogens is 250 g/mol. The van der Waals surface area contributed by atoms with Crippen molar-refractivity contribution in [2.45, 2.75) is 58.5 Å². The maximum atomic E-state index is 12.5. The summed E-state index contributed by atoms with van der Waals surface area (Å²) in [5.41, 5.74) is 1.06. The van der Waals surface area contributed by atoms with E-state index in [1.807, 2.05) is 31.2 Å². The number of carbonyl (C=O) groups is 1. The standard InChI is InChI=1S/C17H25NO2/c1-4-20-16-10-8-15(9-11-16)12-17(19)18-13(2)6-5-7-14(18)3/h8-11,13-14H,4-7,12H2,1-3H3. The van der Waals surface area contributed by atoms with Crippen molar-refractivity contribution in [1.82, 2.24) is 4.90 Å². The van der Waals surface area contributed by atoms with Crippen molar-refractivity contribution in [1.29, 1.82) is 0 Å². The molecule has 3 heteroatoms. The minimum Gasteiger partial charge on any atom is -0.494 e. The SMILES string of the molecule is CCOc1ccc(CC(=O)N2C(C)CCCC2C)cc1. The molecule has 3 nitrogen and oxygen atoms in total. The molecule has 2 atom stereocenters. The van der Waals surface area contributed by atoms with Crippen molar-refractivity contribution < 1.29 is 9.53 Å². The van der Waals surface area contributed by atoms with E-state index in [4.69, 9.17) is 4.74 Å². The van der Waals surface area contributed by atoms with Gasteiger partial charge in [-0.25, -0.2) is 0 Å². The highest BCUT2D eigenvalue weighted by molar-refractivity contribution is 5.79. The summed E-state index contributed by atoms with van der Waals surface area (Å²) < 4.78 is 5.42. The van der Waals surface area contributed by atoms with Crippen molar-refractivity contribution in [2.24, 2.45) is 0 Å². The quantitative estimate of drug-likeness (QED) is 0.842. The Morgan fingerprint density at radius 1 is 1.20 bits per heavy atom. The second-order valence-corrected chi connectivity index (χ2v) is 5.68. The van der Waals surface area contributed by atoms with Crippen LogP contribution in [0.25, 0.3) is 0 Å². The number of ether oxygens (including phenoxy) is 1. The Balaban J connectivity index is 1.99. The van der Waals surface area contributed by atoms with E-state index < -0.39 is 0 Å². The van der Waals surface area contributed by atoms with Gasteiger partial charge >= 0.3 is 0 Å². The Kier molecular flexibility index (Phi) is 5.05. The van der Waals surface area contributed by atoms with Gasteiger partial charge in [-0.1, -0.05) is 12.1 Å². The van der Waals surface area contributed by atoms with Crippen LogP contribution in [0, 0.1) is 0 Å². The lowest BCUT2D eigenvalue weighted by Gasteiger charge is -2.39. The summed E-state index contributed by atoms with van der Waals surface area (Å²) in [4.78, 5) is 14.6. The third kappa shape index (κ3) is 3.53. The molecule has 0 bridgehead atoms. The fourth-order valence-corrected chi connectivity index (χ4v) is 3.05. The number of likely N-dealkylation sites (tertiary alicyclic amines) is 1. The number of hydrogen-bond acceptors (Lipinski definition) is 2. The molecule has 0 spiro atoms. The van der Waals surface area contributed by atoms with E-state index in [0.29, 0.717) is 25.1 Å². The fraction of sp³-hybridized carbons (Fsp3) is 0.588. The average molecular weight is 275 g/mol. The highest BCUT2D eigenvalue weighted by atomic mass is 16.5. The first-order valence-electron chi connectivity index (χ1n) is 7.64. The van der Waals surface area contributed by atoms with Crippen molar-refractivity contribution in [3.63, 3.8) is 0 Å². The minimum atomic E-state index is 0.244. The lowest BCUT2D eigenvalue weighted by Crippen LogP contribution is -2.48. The molecule has 20 heavy (non-hydrogen) atoms. The number of rotatable bonds is 4. The van der Waals surface area contributed by atoms with Gasteiger partial charge in [-0.05, 0) is 57.7 Å². The van der Waals surface area contributed by atoms with Crippen LogP contribution in [0.4, 0.5) is 0 Å². The predicted octanol–water partition coefficient (Wildman–Crippen LogP) is 3.42. The maximum Gasteiger partial charge on any atom is 0.227 e. The zero-order chi connectivity index (χ0) is 14.5. The average Bonchev–Trinajstić information content (AvgIpc) is 2.41. The van der Waals surface area contributed by atoms with E-state index in [-0.39, 0.29) is 5.91 Å². The molecule has 2 unspecified atom stereocenters. The molecule has 0 N–H and O–H groups in total. The fourth-order valence-electron chi connectivity index (χ4n) is 3.05. The van der Waals surface area contributed by atoms with Gasteiger partial charge in [-0.2, -0.15) is 0 Å². The molecule has 1 aliphatic rings. The van der Waals surface area contributed by atoms with Crippen LogP contribution in [-0.2, 0) is 11.2 Å². The molecule has 1 aromatic rings. The summed E-state index contributed by atoms with van der Waals surface area (Å²) in [6.07, 6.45) is 3.97. The van der Waals surface area contributed by atoms with Gasteiger partial charge in [0.1, 0.15) is 5.75 Å². The topological polar surface area (TPSA) is 29.5 Å². The summed E-state index contributed by atoms with van der Waals surface area (Å²) in [6.45, 7) is 6.95. The molecule has 0 saturated carbocycles. The molecule has 1 saturated heterocycles. The lowest BCUT2D eigenvalue weighted by molar-refractivity contribution is -0.136. The number of hydrogen-bond donors (Lipinski definition) is 0.